The van der Waals surface area contributed by atoms with Crippen LogP contribution in [-0.2, 0) is 4.79 Å². The molecule has 0 saturated heterocycles. The van der Waals surface area contributed by atoms with Crippen LogP contribution >= 0.6 is 22.9 Å². The zero-order valence-electron chi connectivity index (χ0n) is 12.3. The van der Waals surface area contributed by atoms with Gasteiger partial charge in [-0.3, -0.25) is 4.79 Å². The van der Waals surface area contributed by atoms with Crippen LogP contribution in [0.4, 0.5) is 0 Å². The fourth-order valence-electron chi connectivity index (χ4n) is 2.59. The molecule has 1 unspecified atom stereocenters. The van der Waals surface area contributed by atoms with Crippen molar-refractivity contribution >= 4 is 34.6 Å². The summed E-state index contributed by atoms with van der Waals surface area (Å²) in [5.41, 5.74) is 1.97. The summed E-state index contributed by atoms with van der Waals surface area (Å²) in [5, 5.41) is 9.02. The molecule has 0 fully saturated rings. The van der Waals surface area contributed by atoms with Gasteiger partial charge in [-0.2, -0.15) is 5.10 Å². The second-order valence-corrected chi connectivity index (χ2v) is 6.69. The number of carbonyl (C=O) groups is 1. The standard InChI is InChI=1S/C17H17ClN2OS/c1-2-4-17(21)20-15(16-5-3-10-22-16)11-14(19-20)12-6-8-13(18)9-7-12/h3,5-10,15H,2,4,11H2,1H3. The fourth-order valence-corrected chi connectivity index (χ4v) is 3.53. The van der Waals surface area contributed by atoms with Crippen LogP contribution in [0.3, 0.4) is 0 Å². The van der Waals surface area contributed by atoms with Gasteiger partial charge in [-0.05, 0) is 35.6 Å². The van der Waals surface area contributed by atoms with E-state index < -0.39 is 0 Å². The minimum Gasteiger partial charge on any atom is -0.273 e. The number of rotatable bonds is 4. The van der Waals surface area contributed by atoms with Gasteiger partial charge < -0.3 is 0 Å². The Morgan fingerprint density at radius 1 is 1.36 bits per heavy atom. The van der Waals surface area contributed by atoms with Crippen LogP contribution in [0.25, 0.3) is 0 Å². The maximum atomic E-state index is 12.4. The van der Waals surface area contributed by atoms with Crippen molar-refractivity contribution in [2.75, 3.05) is 0 Å². The van der Waals surface area contributed by atoms with Crippen molar-refractivity contribution < 1.29 is 4.79 Å². The van der Waals surface area contributed by atoms with Crippen molar-refractivity contribution in [3.63, 3.8) is 0 Å². The van der Waals surface area contributed by atoms with E-state index in [4.69, 9.17) is 11.6 Å². The lowest BCUT2D eigenvalue weighted by molar-refractivity contribution is -0.132. The Balaban J connectivity index is 1.91. The zero-order chi connectivity index (χ0) is 15.5. The quantitative estimate of drug-likeness (QED) is 0.785. The summed E-state index contributed by atoms with van der Waals surface area (Å²) >= 11 is 7.62. The first-order chi connectivity index (χ1) is 10.7. The average Bonchev–Trinajstić information content (AvgIpc) is 3.17. The van der Waals surface area contributed by atoms with Crippen molar-refractivity contribution in [2.45, 2.75) is 32.2 Å². The lowest BCUT2D eigenvalue weighted by atomic mass is 10.0. The number of thiophene rings is 1. The summed E-state index contributed by atoms with van der Waals surface area (Å²) in [5.74, 6) is 0.0878. The second-order valence-electron chi connectivity index (χ2n) is 5.28. The van der Waals surface area contributed by atoms with Crippen LogP contribution < -0.4 is 0 Å². The molecule has 0 spiro atoms. The molecular formula is C17H17ClN2OS. The summed E-state index contributed by atoms with van der Waals surface area (Å²) in [7, 11) is 0. The molecule has 1 amide bonds. The molecule has 0 N–H and O–H groups in total. The van der Waals surface area contributed by atoms with Gasteiger partial charge in [0, 0.05) is 22.7 Å². The van der Waals surface area contributed by atoms with Gasteiger partial charge in [0.2, 0.25) is 5.91 Å². The number of hydrogen-bond acceptors (Lipinski definition) is 3. The van der Waals surface area contributed by atoms with E-state index in [1.807, 2.05) is 42.6 Å². The summed E-state index contributed by atoms with van der Waals surface area (Å²) < 4.78 is 0. The topological polar surface area (TPSA) is 32.7 Å². The largest absolute Gasteiger partial charge is 0.273 e. The molecule has 1 aliphatic rings. The van der Waals surface area contributed by atoms with E-state index in [1.165, 1.54) is 4.88 Å². The normalized spacial score (nSPS) is 17.6. The fraction of sp³-hybridized carbons (Fsp3) is 0.294. The monoisotopic (exact) mass is 332 g/mol. The first kappa shape index (κ1) is 15.3. The first-order valence-corrected chi connectivity index (χ1v) is 8.63. The highest BCUT2D eigenvalue weighted by Crippen LogP contribution is 2.35. The Morgan fingerprint density at radius 2 is 2.14 bits per heavy atom. The summed E-state index contributed by atoms with van der Waals surface area (Å²) in [4.78, 5) is 13.6. The van der Waals surface area contributed by atoms with Gasteiger partial charge in [-0.1, -0.05) is 36.7 Å². The number of nitrogens with zero attached hydrogens (tertiary/aromatic N) is 2. The Bertz CT molecular complexity index is 679. The Hall–Kier alpha value is -1.65. The summed E-state index contributed by atoms with van der Waals surface area (Å²) in [6, 6.07) is 11.7. The first-order valence-electron chi connectivity index (χ1n) is 7.38. The van der Waals surface area contributed by atoms with Crippen molar-refractivity contribution in [3.05, 3.63) is 57.2 Å². The molecule has 1 aromatic heterocycles. The van der Waals surface area contributed by atoms with Crippen LogP contribution in [0.5, 0.6) is 0 Å². The summed E-state index contributed by atoms with van der Waals surface area (Å²) in [6.45, 7) is 2.01. The Labute approximate surface area is 139 Å². The molecule has 0 saturated carbocycles. The van der Waals surface area contributed by atoms with E-state index in [0.717, 1.165) is 24.1 Å². The van der Waals surface area contributed by atoms with Gasteiger partial charge in [-0.15, -0.1) is 11.3 Å². The third-order valence-electron chi connectivity index (χ3n) is 3.68. The van der Waals surface area contributed by atoms with Gasteiger partial charge in [0.05, 0.1) is 11.8 Å². The van der Waals surface area contributed by atoms with Gasteiger partial charge >= 0.3 is 0 Å². The minimum atomic E-state index is 0.0183. The van der Waals surface area contributed by atoms with Crippen LogP contribution in [0.2, 0.25) is 5.02 Å². The van der Waals surface area contributed by atoms with Crippen molar-refractivity contribution in [3.8, 4) is 0 Å². The number of hydrogen-bond donors (Lipinski definition) is 0. The number of amides is 1. The molecule has 5 heteroatoms. The minimum absolute atomic E-state index is 0.0183. The second kappa shape index (κ2) is 6.63. The zero-order valence-corrected chi connectivity index (χ0v) is 13.9. The van der Waals surface area contributed by atoms with Crippen LogP contribution in [0, 0.1) is 0 Å². The smallest absolute Gasteiger partial charge is 0.243 e. The molecule has 3 rings (SSSR count). The molecule has 1 aromatic carbocycles. The van der Waals surface area contributed by atoms with Crippen molar-refractivity contribution in [1.82, 2.24) is 5.01 Å². The molecule has 1 aliphatic heterocycles. The highest BCUT2D eigenvalue weighted by Gasteiger charge is 2.33. The van der Waals surface area contributed by atoms with Crippen LogP contribution in [0.1, 0.15) is 42.7 Å². The van der Waals surface area contributed by atoms with Gasteiger partial charge in [-0.25, -0.2) is 5.01 Å². The molecule has 2 aromatic rings. The molecule has 0 radical (unpaired) electrons. The van der Waals surface area contributed by atoms with E-state index in [2.05, 4.69) is 11.2 Å². The molecule has 3 nitrogen and oxygen atoms in total. The van der Waals surface area contributed by atoms with Gasteiger partial charge in [0.15, 0.2) is 0 Å². The molecular weight excluding hydrogens is 316 g/mol. The SMILES string of the molecule is CCCC(=O)N1N=C(c2ccc(Cl)cc2)CC1c1cccs1. The molecule has 1 atom stereocenters. The lowest BCUT2D eigenvalue weighted by Crippen LogP contribution is -2.26. The van der Waals surface area contributed by atoms with Crippen LogP contribution in [0.15, 0.2) is 46.9 Å². The van der Waals surface area contributed by atoms with Gasteiger partial charge in [0.1, 0.15) is 0 Å². The van der Waals surface area contributed by atoms with E-state index >= 15 is 0 Å². The lowest BCUT2D eigenvalue weighted by Gasteiger charge is -2.20. The Kier molecular flexibility index (Phi) is 4.60. The average molecular weight is 333 g/mol. The molecule has 114 valence electrons. The van der Waals surface area contributed by atoms with Crippen molar-refractivity contribution in [2.24, 2.45) is 5.10 Å². The predicted molar refractivity (Wildman–Crippen MR) is 91.4 cm³/mol. The van der Waals surface area contributed by atoms with E-state index in [1.54, 1.807) is 16.3 Å². The maximum Gasteiger partial charge on any atom is 0.243 e. The summed E-state index contributed by atoms with van der Waals surface area (Å²) in [6.07, 6.45) is 2.11. The highest BCUT2D eigenvalue weighted by molar-refractivity contribution is 7.10. The number of benzene rings is 1. The molecule has 0 bridgehead atoms. The maximum absolute atomic E-state index is 12.4. The van der Waals surface area contributed by atoms with E-state index in [-0.39, 0.29) is 11.9 Å². The number of hydrazone groups is 1. The van der Waals surface area contributed by atoms with Crippen LogP contribution in [-0.4, -0.2) is 16.6 Å². The third kappa shape index (κ3) is 3.08. The molecule has 0 aliphatic carbocycles. The predicted octanol–water partition coefficient (Wildman–Crippen LogP) is 4.88. The van der Waals surface area contributed by atoms with Gasteiger partial charge in [0.25, 0.3) is 0 Å². The van der Waals surface area contributed by atoms with E-state index in [9.17, 15) is 4.79 Å². The number of halogens is 1. The highest BCUT2D eigenvalue weighted by atomic mass is 35.5. The number of carbonyl (C=O) groups excluding carboxylic acids is 1. The van der Waals surface area contributed by atoms with Crippen molar-refractivity contribution in [1.29, 1.82) is 0 Å². The third-order valence-corrected chi connectivity index (χ3v) is 4.90. The molecule has 22 heavy (non-hydrogen) atoms. The van der Waals surface area contributed by atoms with E-state index in [0.29, 0.717) is 11.4 Å². The Morgan fingerprint density at radius 3 is 2.77 bits per heavy atom. The molecule has 2 heterocycles.